The summed E-state index contributed by atoms with van der Waals surface area (Å²) in [6, 6.07) is 10.7. The largest absolute Gasteiger partial charge is 0.338 e. The highest BCUT2D eigenvalue weighted by Crippen LogP contribution is 2.19. The van der Waals surface area contributed by atoms with Crippen LogP contribution in [0.25, 0.3) is 0 Å². The van der Waals surface area contributed by atoms with Crippen molar-refractivity contribution in [3.05, 3.63) is 58.9 Å². The van der Waals surface area contributed by atoms with Gasteiger partial charge in [-0.15, -0.1) is 0 Å². The molecule has 0 bridgehead atoms. The maximum Gasteiger partial charge on any atom is 0.319 e. The third kappa shape index (κ3) is 5.55. The molecule has 0 heterocycles. The Hall–Kier alpha value is -2.60. The molecule has 7 heteroatoms. The van der Waals surface area contributed by atoms with Crippen LogP contribution in [-0.4, -0.2) is 18.5 Å². The minimum atomic E-state index is -0.589. The average Bonchev–Trinajstić information content (AvgIpc) is 2.50. The molecule has 0 spiro atoms. The van der Waals surface area contributed by atoms with E-state index >= 15 is 0 Å². The summed E-state index contributed by atoms with van der Waals surface area (Å²) in [6.45, 7) is 1.72. The first-order valence-electron chi connectivity index (χ1n) is 7.30. The number of halogens is 2. The number of benzene rings is 2. The Balaban J connectivity index is 1.88. The summed E-state index contributed by atoms with van der Waals surface area (Å²) < 4.78 is 13.7. The Morgan fingerprint density at radius 2 is 1.92 bits per heavy atom. The normalized spacial score (nSPS) is 10.1. The molecule has 3 amide bonds. The van der Waals surface area contributed by atoms with Crippen LogP contribution in [0.1, 0.15) is 12.5 Å². The Morgan fingerprint density at radius 1 is 1.12 bits per heavy atom. The predicted octanol–water partition coefficient (Wildman–Crippen LogP) is 3.80. The van der Waals surface area contributed by atoms with Gasteiger partial charge in [0.2, 0.25) is 5.91 Å². The van der Waals surface area contributed by atoms with Gasteiger partial charge in [-0.05, 0) is 42.3 Å². The van der Waals surface area contributed by atoms with E-state index in [1.165, 1.54) is 25.1 Å². The number of amides is 3. The standard InChI is InChI=1S/C17H17ClFN3O2/c1-11(23)21-14-5-6-15(19)16(10-14)22-17(24)20-8-7-12-3-2-4-13(18)9-12/h2-6,9-10H,7-8H2,1H3,(H,21,23)(H2,20,22,24). The van der Waals surface area contributed by atoms with E-state index in [1.807, 2.05) is 18.2 Å². The number of nitrogens with one attached hydrogen (secondary N) is 3. The number of carbonyl (C=O) groups excluding carboxylic acids is 2. The van der Waals surface area contributed by atoms with E-state index in [0.717, 1.165) is 5.56 Å². The number of hydrogen-bond donors (Lipinski definition) is 3. The molecule has 0 radical (unpaired) electrons. The van der Waals surface area contributed by atoms with Crippen LogP contribution in [0, 0.1) is 5.82 Å². The smallest absolute Gasteiger partial charge is 0.319 e. The van der Waals surface area contributed by atoms with Crippen LogP contribution in [0.3, 0.4) is 0 Å². The zero-order chi connectivity index (χ0) is 17.5. The first kappa shape index (κ1) is 17.7. The van der Waals surface area contributed by atoms with Crippen LogP contribution in [-0.2, 0) is 11.2 Å². The first-order chi connectivity index (χ1) is 11.4. The second-order valence-electron chi connectivity index (χ2n) is 5.14. The van der Waals surface area contributed by atoms with Gasteiger partial charge < -0.3 is 16.0 Å². The van der Waals surface area contributed by atoms with Crippen molar-refractivity contribution in [2.45, 2.75) is 13.3 Å². The molecule has 0 unspecified atom stereocenters. The molecule has 3 N–H and O–H groups in total. The van der Waals surface area contributed by atoms with E-state index in [9.17, 15) is 14.0 Å². The lowest BCUT2D eigenvalue weighted by molar-refractivity contribution is -0.114. The summed E-state index contributed by atoms with van der Waals surface area (Å²) in [5.74, 6) is -0.868. The highest BCUT2D eigenvalue weighted by molar-refractivity contribution is 6.30. The Morgan fingerprint density at radius 3 is 2.62 bits per heavy atom. The van der Waals surface area contributed by atoms with Crippen LogP contribution < -0.4 is 16.0 Å². The molecule has 0 aromatic heterocycles. The van der Waals surface area contributed by atoms with E-state index in [-0.39, 0.29) is 11.6 Å². The van der Waals surface area contributed by atoms with Crippen LogP contribution in [0.4, 0.5) is 20.6 Å². The number of carbonyl (C=O) groups is 2. The fourth-order valence-corrected chi connectivity index (χ4v) is 2.29. The Labute approximate surface area is 144 Å². The van der Waals surface area contributed by atoms with Crippen LogP contribution >= 0.6 is 11.6 Å². The van der Waals surface area contributed by atoms with Crippen molar-refractivity contribution in [1.29, 1.82) is 0 Å². The molecule has 2 aromatic carbocycles. The Bertz CT molecular complexity index is 752. The molecule has 0 saturated carbocycles. The molecule has 5 nitrogen and oxygen atoms in total. The molecule has 0 atom stereocenters. The van der Waals surface area contributed by atoms with Gasteiger partial charge in [0.1, 0.15) is 5.82 Å². The second kappa shape index (κ2) is 8.31. The lowest BCUT2D eigenvalue weighted by Crippen LogP contribution is -2.30. The quantitative estimate of drug-likeness (QED) is 0.768. The van der Waals surface area contributed by atoms with Crippen LogP contribution in [0.15, 0.2) is 42.5 Å². The highest BCUT2D eigenvalue weighted by Gasteiger charge is 2.08. The van der Waals surface area contributed by atoms with Crippen molar-refractivity contribution in [3.63, 3.8) is 0 Å². The third-order valence-corrected chi connectivity index (χ3v) is 3.36. The first-order valence-corrected chi connectivity index (χ1v) is 7.68. The summed E-state index contributed by atoms with van der Waals surface area (Å²) in [4.78, 5) is 22.9. The van der Waals surface area contributed by atoms with Crippen molar-refractivity contribution in [1.82, 2.24) is 5.32 Å². The predicted molar refractivity (Wildman–Crippen MR) is 92.9 cm³/mol. The molecule has 0 fully saturated rings. The lowest BCUT2D eigenvalue weighted by atomic mass is 10.1. The number of rotatable bonds is 5. The molecule has 0 saturated heterocycles. The van der Waals surface area contributed by atoms with E-state index in [2.05, 4.69) is 16.0 Å². The molecule has 126 valence electrons. The minimum Gasteiger partial charge on any atom is -0.338 e. The van der Waals surface area contributed by atoms with E-state index < -0.39 is 11.8 Å². The van der Waals surface area contributed by atoms with Crippen LogP contribution in [0.5, 0.6) is 0 Å². The van der Waals surface area contributed by atoms with Crippen molar-refractivity contribution in [3.8, 4) is 0 Å². The molecule has 2 rings (SSSR count). The number of hydrogen-bond acceptors (Lipinski definition) is 2. The molecular formula is C17H17ClFN3O2. The second-order valence-corrected chi connectivity index (χ2v) is 5.57. The molecule has 24 heavy (non-hydrogen) atoms. The molecule has 0 aliphatic carbocycles. The summed E-state index contributed by atoms with van der Waals surface area (Å²) in [5, 5.41) is 8.22. The minimum absolute atomic E-state index is 0.0125. The van der Waals surface area contributed by atoms with Gasteiger partial charge in [0, 0.05) is 24.2 Å². The molecule has 0 aliphatic heterocycles. The summed E-state index contributed by atoms with van der Waals surface area (Å²) in [7, 11) is 0. The zero-order valence-corrected chi connectivity index (χ0v) is 13.8. The number of anilines is 2. The molecule has 0 aliphatic rings. The highest BCUT2D eigenvalue weighted by atomic mass is 35.5. The monoisotopic (exact) mass is 349 g/mol. The van der Waals surface area contributed by atoms with E-state index in [1.54, 1.807) is 6.07 Å². The lowest BCUT2D eigenvalue weighted by Gasteiger charge is -2.10. The maximum absolute atomic E-state index is 13.7. The molecule has 2 aromatic rings. The summed E-state index contributed by atoms with van der Waals surface area (Å²) >= 11 is 5.89. The van der Waals surface area contributed by atoms with E-state index in [0.29, 0.717) is 23.7 Å². The topological polar surface area (TPSA) is 70.2 Å². The fraction of sp³-hybridized carbons (Fsp3) is 0.176. The van der Waals surface area contributed by atoms with Crippen molar-refractivity contribution < 1.29 is 14.0 Å². The van der Waals surface area contributed by atoms with Crippen molar-refractivity contribution >= 4 is 34.9 Å². The zero-order valence-electron chi connectivity index (χ0n) is 13.0. The van der Waals surface area contributed by atoms with Gasteiger partial charge in [-0.25, -0.2) is 9.18 Å². The van der Waals surface area contributed by atoms with Crippen LogP contribution in [0.2, 0.25) is 5.02 Å². The van der Waals surface area contributed by atoms with Gasteiger partial charge in [-0.2, -0.15) is 0 Å². The van der Waals surface area contributed by atoms with Gasteiger partial charge in [-0.1, -0.05) is 23.7 Å². The fourth-order valence-electron chi connectivity index (χ4n) is 2.08. The average molecular weight is 350 g/mol. The van der Waals surface area contributed by atoms with Gasteiger partial charge in [0.05, 0.1) is 5.69 Å². The van der Waals surface area contributed by atoms with Gasteiger partial charge >= 0.3 is 6.03 Å². The van der Waals surface area contributed by atoms with E-state index in [4.69, 9.17) is 11.6 Å². The van der Waals surface area contributed by atoms with Gasteiger partial charge in [0.25, 0.3) is 0 Å². The van der Waals surface area contributed by atoms with Gasteiger partial charge in [-0.3, -0.25) is 4.79 Å². The number of urea groups is 1. The maximum atomic E-state index is 13.7. The van der Waals surface area contributed by atoms with Crippen molar-refractivity contribution in [2.75, 3.05) is 17.2 Å². The summed E-state index contributed by atoms with van der Waals surface area (Å²) in [6.07, 6.45) is 0.600. The SMILES string of the molecule is CC(=O)Nc1ccc(F)c(NC(=O)NCCc2cccc(Cl)c2)c1. The molecular weight excluding hydrogens is 333 g/mol. The van der Waals surface area contributed by atoms with Gasteiger partial charge in [0.15, 0.2) is 0 Å². The summed E-state index contributed by atoms with van der Waals surface area (Å²) in [5.41, 5.74) is 1.38. The van der Waals surface area contributed by atoms with Crippen molar-refractivity contribution in [2.24, 2.45) is 0 Å². The Kier molecular flexibility index (Phi) is 6.14. The third-order valence-electron chi connectivity index (χ3n) is 3.12.